The number of rotatable bonds is 5. The molecule has 0 spiro atoms. The van der Waals surface area contributed by atoms with E-state index in [1.54, 1.807) is 0 Å². The zero-order chi connectivity index (χ0) is 20.1. The van der Waals surface area contributed by atoms with E-state index >= 15 is 0 Å². The minimum Gasteiger partial charge on any atom is -0.393 e. The van der Waals surface area contributed by atoms with Crippen molar-refractivity contribution in [2.75, 3.05) is 0 Å². The number of aliphatic hydroxyl groups excluding tert-OH is 1. The summed E-state index contributed by atoms with van der Waals surface area (Å²) in [6, 6.07) is 0. The largest absolute Gasteiger partial charge is 0.393 e. The average Bonchev–Trinajstić information content (AvgIpc) is 2.99. The van der Waals surface area contributed by atoms with E-state index < -0.39 is 0 Å². The zero-order valence-electron chi connectivity index (χ0n) is 19.3. The zero-order valence-corrected chi connectivity index (χ0v) is 19.3. The highest BCUT2D eigenvalue weighted by molar-refractivity contribution is 5.29. The fourth-order valence-electron chi connectivity index (χ4n) is 8.53. The predicted molar refractivity (Wildman–Crippen MR) is 119 cm³/mol. The summed E-state index contributed by atoms with van der Waals surface area (Å²) < 4.78 is 0. The molecule has 0 aromatic carbocycles. The maximum Gasteiger partial charge on any atom is 0.0543 e. The van der Waals surface area contributed by atoms with Crippen LogP contribution < -0.4 is 0 Å². The molecule has 4 aliphatic carbocycles. The van der Waals surface area contributed by atoms with Gasteiger partial charge in [0.1, 0.15) is 0 Å². The van der Waals surface area contributed by atoms with E-state index in [4.69, 9.17) is 0 Å². The number of hydrogen-bond acceptors (Lipinski definition) is 1. The van der Waals surface area contributed by atoms with Gasteiger partial charge in [0.25, 0.3) is 0 Å². The molecule has 0 bridgehead atoms. The second-order valence-electron chi connectivity index (χ2n) is 12.2. The normalized spacial score (nSPS) is 46.5. The topological polar surface area (TPSA) is 20.2 Å². The third kappa shape index (κ3) is 3.42. The van der Waals surface area contributed by atoms with Crippen molar-refractivity contribution >= 4 is 0 Å². The van der Waals surface area contributed by atoms with Crippen molar-refractivity contribution in [2.45, 2.75) is 111 Å². The van der Waals surface area contributed by atoms with Crippen molar-refractivity contribution in [2.24, 2.45) is 46.3 Å². The number of aliphatic hydroxyl groups is 1. The molecule has 28 heavy (non-hydrogen) atoms. The molecular weight excluding hydrogens is 340 g/mol. The van der Waals surface area contributed by atoms with Crippen LogP contribution in [0.25, 0.3) is 0 Å². The van der Waals surface area contributed by atoms with E-state index in [1.165, 1.54) is 57.8 Å². The Hall–Kier alpha value is -0.300. The standard InChI is InChI=1S/C27H46O/c1-18(2)7-6-8-19(3)23-11-12-24-22-10-9-20-17-21(28)13-15-26(20,4)25(22)14-16-27(23,24)5/h14,18-24,28H,6-13,15-17H2,1-5H3. The monoisotopic (exact) mass is 386 g/mol. The maximum atomic E-state index is 10.2. The van der Waals surface area contributed by atoms with Crippen LogP contribution in [0.15, 0.2) is 11.6 Å². The summed E-state index contributed by atoms with van der Waals surface area (Å²) in [5, 5.41) is 10.2. The van der Waals surface area contributed by atoms with E-state index in [9.17, 15) is 5.11 Å². The van der Waals surface area contributed by atoms with Crippen LogP contribution >= 0.6 is 0 Å². The molecule has 4 rings (SSSR count). The van der Waals surface area contributed by atoms with Crippen molar-refractivity contribution < 1.29 is 5.11 Å². The molecule has 0 radical (unpaired) electrons. The summed E-state index contributed by atoms with van der Waals surface area (Å²) in [7, 11) is 0. The van der Waals surface area contributed by atoms with Gasteiger partial charge < -0.3 is 5.11 Å². The Bertz CT molecular complexity index is 591. The molecular formula is C27H46O. The fourth-order valence-corrected chi connectivity index (χ4v) is 8.53. The second-order valence-corrected chi connectivity index (χ2v) is 12.2. The highest BCUT2D eigenvalue weighted by Crippen LogP contribution is 2.66. The molecule has 1 nitrogen and oxygen atoms in total. The van der Waals surface area contributed by atoms with Crippen LogP contribution in [0.1, 0.15) is 105 Å². The van der Waals surface area contributed by atoms with Gasteiger partial charge in [0, 0.05) is 0 Å². The lowest BCUT2D eigenvalue weighted by Gasteiger charge is -2.57. The molecule has 1 N–H and O–H groups in total. The molecule has 3 fully saturated rings. The maximum absolute atomic E-state index is 10.2. The highest BCUT2D eigenvalue weighted by atomic mass is 16.3. The van der Waals surface area contributed by atoms with Gasteiger partial charge in [0.2, 0.25) is 0 Å². The number of allylic oxidation sites excluding steroid dienone is 2. The van der Waals surface area contributed by atoms with Crippen LogP contribution in [0, 0.1) is 46.3 Å². The first-order chi connectivity index (χ1) is 13.3. The molecule has 1 heteroatoms. The molecule has 4 aliphatic rings. The summed E-state index contributed by atoms with van der Waals surface area (Å²) >= 11 is 0. The Balaban J connectivity index is 1.51. The van der Waals surface area contributed by atoms with Crippen LogP contribution in [0.2, 0.25) is 0 Å². The van der Waals surface area contributed by atoms with Crippen LogP contribution in [0.4, 0.5) is 0 Å². The van der Waals surface area contributed by atoms with Gasteiger partial charge in [0.15, 0.2) is 0 Å². The van der Waals surface area contributed by atoms with Crippen molar-refractivity contribution in [1.29, 1.82) is 0 Å². The van der Waals surface area contributed by atoms with Crippen molar-refractivity contribution in [3.05, 3.63) is 11.6 Å². The second kappa shape index (κ2) is 7.75. The van der Waals surface area contributed by atoms with E-state index in [2.05, 4.69) is 40.7 Å². The predicted octanol–water partition coefficient (Wildman–Crippen LogP) is 7.39. The Morgan fingerprint density at radius 1 is 1.04 bits per heavy atom. The first-order valence-electron chi connectivity index (χ1n) is 12.6. The van der Waals surface area contributed by atoms with Crippen LogP contribution in [-0.4, -0.2) is 11.2 Å². The minimum absolute atomic E-state index is 0.0355. The molecule has 8 atom stereocenters. The Morgan fingerprint density at radius 2 is 1.82 bits per heavy atom. The van der Waals surface area contributed by atoms with E-state index in [0.717, 1.165) is 48.3 Å². The Labute approximate surface area is 174 Å². The summed E-state index contributed by atoms with van der Waals surface area (Å²) in [5.41, 5.74) is 2.78. The molecule has 0 aliphatic heterocycles. The van der Waals surface area contributed by atoms with E-state index in [0.29, 0.717) is 10.8 Å². The lowest BCUT2D eigenvalue weighted by molar-refractivity contribution is -0.0158. The van der Waals surface area contributed by atoms with Gasteiger partial charge in [-0.1, -0.05) is 65.5 Å². The van der Waals surface area contributed by atoms with Gasteiger partial charge in [-0.05, 0) is 97.7 Å². The number of fused-ring (bicyclic) bond motifs is 5. The van der Waals surface area contributed by atoms with Gasteiger partial charge in [0.05, 0.1) is 6.10 Å². The van der Waals surface area contributed by atoms with Crippen LogP contribution in [0.5, 0.6) is 0 Å². The molecule has 160 valence electrons. The summed E-state index contributed by atoms with van der Waals surface area (Å²) in [4.78, 5) is 0. The van der Waals surface area contributed by atoms with Crippen LogP contribution in [0.3, 0.4) is 0 Å². The van der Waals surface area contributed by atoms with Crippen molar-refractivity contribution in [3.8, 4) is 0 Å². The first-order valence-corrected chi connectivity index (χ1v) is 12.6. The molecule has 0 saturated heterocycles. The molecule has 0 aromatic heterocycles. The lowest BCUT2D eigenvalue weighted by atomic mass is 9.48. The van der Waals surface area contributed by atoms with Gasteiger partial charge >= 0.3 is 0 Å². The molecule has 0 amide bonds. The van der Waals surface area contributed by atoms with Gasteiger partial charge in [-0.2, -0.15) is 0 Å². The van der Waals surface area contributed by atoms with Crippen LogP contribution in [-0.2, 0) is 0 Å². The molecule has 3 saturated carbocycles. The number of hydrogen-bond donors (Lipinski definition) is 1. The highest BCUT2D eigenvalue weighted by Gasteiger charge is 2.57. The summed E-state index contributed by atoms with van der Waals surface area (Å²) in [6.07, 6.45) is 17.3. The fraction of sp³-hybridized carbons (Fsp3) is 0.926. The smallest absolute Gasteiger partial charge is 0.0543 e. The van der Waals surface area contributed by atoms with Gasteiger partial charge in [-0.3, -0.25) is 0 Å². The Morgan fingerprint density at radius 3 is 2.57 bits per heavy atom. The van der Waals surface area contributed by atoms with Gasteiger partial charge in [-0.25, -0.2) is 0 Å². The quantitative estimate of drug-likeness (QED) is 0.488. The Kier molecular flexibility index (Phi) is 5.80. The summed E-state index contributed by atoms with van der Waals surface area (Å²) in [6.45, 7) is 12.5. The third-order valence-electron chi connectivity index (χ3n) is 10.2. The van der Waals surface area contributed by atoms with Crippen molar-refractivity contribution in [1.82, 2.24) is 0 Å². The van der Waals surface area contributed by atoms with Gasteiger partial charge in [-0.15, -0.1) is 0 Å². The lowest BCUT2D eigenvalue weighted by Crippen LogP contribution is -2.48. The third-order valence-corrected chi connectivity index (χ3v) is 10.2. The molecule has 8 unspecified atom stereocenters. The first kappa shape index (κ1) is 21.0. The minimum atomic E-state index is -0.0355. The molecule has 0 heterocycles. The van der Waals surface area contributed by atoms with E-state index in [-0.39, 0.29) is 6.10 Å². The molecule has 0 aromatic rings. The SMILES string of the molecule is CC(C)CCCC(C)C1CCC2C3CCC4CC(O)CCC4(C)C3=CCC12C. The van der Waals surface area contributed by atoms with E-state index in [1.807, 2.05) is 5.57 Å². The van der Waals surface area contributed by atoms with Crippen molar-refractivity contribution in [3.63, 3.8) is 0 Å². The average molecular weight is 387 g/mol. The summed E-state index contributed by atoms with van der Waals surface area (Å²) in [5.74, 6) is 5.18.